The Balaban J connectivity index is 1.63. The number of aliphatic hydroxyl groups excluding tert-OH is 1. The number of rotatable bonds is 4. The van der Waals surface area contributed by atoms with Crippen molar-refractivity contribution in [2.45, 2.75) is 64.0 Å². The highest BCUT2D eigenvalue weighted by atomic mass is 16.5. The number of Topliss-reactive ketones (excluding diaryl/α,β-unsaturated/α-hetero) is 1. The van der Waals surface area contributed by atoms with E-state index in [-0.39, 0.29) is 17.4 Å². The molecule has 2 fully saturated rings. The molecule has 1 aliphatic carbocycles. The number of amides is 1. The van der Waals surface area contributed by atoms with E-state index in [2.05, 4.69) is 6.92 Å². The summed E-state index contributed by atoms with van der Waals surface area (Å²) in [6.07, 6.45) is 6.75. The molecule has 0 radical (unpaired) electrons. The molecule has 2 aromatic carbocycles. The molecular weight excluding hydrogens is 402 g/mol. The fourth-order valence-corrected chi connectivity index (χ4v) is 5.34. The molecule has 5 rings (SSSR count). The summed E-state index contributed by atoms with van der Waals surface area (Å²) in [6.45, 7) is 2.72. The maximum absolute atomic E-state index is 13.3. The number of fused-ring (bicyclic) bond motifs is 1. The minimum absolute atomic E-state index is 0.0229. The van der Waals surface area contributed by atoms with Crippen LogP contribution in [0.1, 0.15) is 67.3 Å². The van der Waals surface area contributed by atoms with Crippen molar-refractivity contribution < 1.29 is 19.4 Å². The number of aliphatic hydroxyl groups is 1. The summed E-state index contributed by atoms with van der Waals surface area (Å²) in [5, 5.41) is 11.3. The second kappa shape index (κ2) is 8.45. The summed E-state index contributed by atoms with van der Waals surface area (Å²) in [7, 11) is 0. The number of hydrogen-bond donors (Lipinski definition) is 1. The monoisotopic (exact) mass is 431 g/mol. The van der Waals surface area contributed by atoms with Crippen LogP contribution in [0.4, 0.5) is 0 Å². The van der Waals surface area contributed by atoms with Gasteiger partial charge < -0.3 is 14.7 Å². The summed E-state index contributed by atoms with van der Waals surface area (Å²) in [5.74, 6) is -0.362. The highest BCUT2D eigenvalue weighted by Crippen LogP contribution is 2.43. The predicted molar refractivity (Wildman–Crippen MR) is 122 cm³/mol. The van der Waals surface area contributed by atoms with Gasteiger partial charge in [0.1, 0.15) is 11.5 Å². The quantitative estimate of drug-likeness (QED) is 0.423. The minimum atomic E-state index is -0.589. The van der Waals surface area contributed by atoms with Crippen LogP contribution in [-0.4, -0.2) is 34.3 Å². The third-order valence-electron chi connectivity index (χ3n) is 7.11. The lowest BCUT2D eigenvalue weighted by Gasteiger charge is -2.35. The average molecular weight is 432 g/mol. The normalized spacial score (nSPS) is 22.8. The van der Waals surface area contributed by atoms with Gasteiger partial charge >= 0.3 is 0 Å². The van der Waals surface area contributed by atoms with Gasteiger partial charge in [-0.05, 0) is 54.2 Å². The molecular formula is C27H29NO4. The zero-order valence-corrected chi connectivity index (χ0v) is 18.5. The number of aryl methyl sites for hydroxylation is 1. The van der Waals surface area contributed by atoms with Gasteiger partial charge in [-0.15, -0.1) is 0 Å². The second-order valence-electron chi connectivity index (χ2n) is 9.01. The van der Waals surface area contributed by atoms with Crippen LogP contribution in [0.5, 0.6) is 5.75 Å². The molecule has 2 heterocycles. The summed E-state index contributed by atoms with van der Waals surface area (Å²) in [5.41, 5.74) is 3.84. The van der Waals surface area contributed by atoms with Crippen LogP contribution in [0, 0.1) is 0 Å². The number of hydrogen-bond acceptors (Lipinski definition) is 4. The Morgan fingerprint density at radius 3 is 2.53 bits per heavy atom. The molecule has 1 atom stereocenters. The van der Waals surface area contributed by atoms with Crippen LogP contribution in [-0.2, 0) is 22.4 Å². The number of likely N-dealkylation sites (tertiary alicyclic amines) is 1. The molecule has 32 heavy (non-hydrogen) atoms. The standard InChI is InChI=1S/C27H29NO4/c1-2-17-8-10-18(11-9-17)24-23(25(29)20-12-13-22-19(16-20)14-15-32-22)26(30)27(31)28(24)21-6-4-3-5-7-21/h8-13,16,21,24,29H,2-7,14-15H2,1H3/b25-23-. The lowest BCUT2D eigenvalue weighted by molar-refractivity contribution is -0.141. The van der Waals surface area contributed by atoms with Crippen molar-refractivity contribution in [2.24, 2.45) is 0 Å². The first kappa shape index (κ1) is 20.8. The number of carbonyl (C=O) groups is 2. The zero-order valence-electron chi connectivity index (χ0n) is 18.5. The van der Waals surface area contributed by atoms with Gasteiger partial charge in [-0.25, -0.2) is 0 Å². The van der Waals surface area contributed by atoms with E-state index in [1.807, 2.05) is 36.4 Å². The molecule has 5 heteroatoms. The van der Waals surface area contributed by atoms with E-state index in [1.165, 1.54) is 5.56 Å². The second-order valence-corrected chi connectivity index (χ2v) is 9.01. The van der Waals surface area contributed by atoms with E-state index >= 15 is 0 Å². The molecule has 1 unspecified atom stereocenters. The lowest BCUT2D eigenvalue weighted by Crippen LogP contribution is -2.40. The number of ether oxygens (including phenoxy) is 1. The molecule has 3 aliphatic rings. The summed E-state index contributed by atoms with van der Waals surface area (Å²) < 4.78 is 5.58. The Morgan fingerprint density at radius 1 is 1.06 bits per heavy atom. The van der Waals surface area contributed by atoms with Gasteiger partial charge in [-0.2, -0.15) is 0 Å². The van der Waals surface area contributed by atoms with Crippen LogP contribution in [0.2, 0.25) is 0 Å². The Kier molecular flexibility index (Phi) is 5.50. The van der Waals surface area contributed by atoms with Gasteiger partial charge in [-0.1, -0.05) is 50.5 Å². The first-order valence-electron chi connectivity index (χ1n) is 11.7. The van der Waals surface area contributed by atoms with E-state index < -0.39 is 17.7 Å². The molecule has 0 spiro atoms. The zero-order chi connectivity index (χ0) is 22.2. The molecule has 166 valence electrons. The van der Waals surface area contributed by atoms with Crippen molar-refractivity contribution in [3.8, 4) is 5.75 Å². The van der Waals surface area contributed by atoms with Crippen LogP contribution in [0.3, 0.4) is 0 Å². The van der Waals surface area contributed by atoms with Crippen molar-refractivity contribution in [1.82, 2.24) is 4.90 Å². The highest BCUT2D eigenvalue weighted by molar-refractivity contribution is 6.46. The maximum Gasteiger partial charge on any atom is 0.295 e. The van der Waals surface area contributed by atoms with Crippen LogP contribution in [0.15, 0.2) is 48.0 Å². The molecule has 1 amide bonds. The molecule has 2 aromatic rings. The molecule has 2 aliphatic heterocycles. The van der Waals surface area contributed by atoms with Gasteiger partial charge in [0.05, 0.1) is 18.2 Å². The van der Waals surface area contributed by atoms with Gasteiger partial charge in [0.15, 0.2) is 0 Å². The molecule has 1 saturated carbocycles. The Hall–Kier alpha value is -3.08. The molecule has 1 saturated heterocycles. The Bertz CT molecular complexity index is 1080. The van der Waals surface area contributed by atoms with Crippen LogP contribution >= 0.6 is 0 Å². The summed E-state index contributed by atoms with van der Waals surface area (Å²) in [6, 6.07) is 13.0. The van der Waals surface area contributed by atoms with Gasteiger partial charge in [0.2, 0.25) is 0 Å². The summed E-state index contributed by atoms with van der Waals surface area (Å²) >= 11 is 0. The van der Waals surface area contributed by atoms with Crippen molar-refractivity contribution in [3.05, 3.63) is 70.3 Å². The van der Waals surface area contributed by atoms with Gasteiger partial charge in [0, 0.05) is 18.0 Å². The van der Waals surface area contributed by atoms with E-state index in [1.54, 1.807) is 11.0 Å². The fraction of sp³-hybridized carbons (Fsp3) is 0.407. The topological polar surface area (TPSA) is 66.8 Å². The Morgan fingerprint density at radius 2 is 1.81 bits per heavy atom. The number of carbonyl (C=O) groups excluding carboxylic acids is 2. The first-order chi connectivity index (χ1) is 15.6. The minimum Gasteiger partial charge on any atom is -0.507 e. The average Bonchev–Trinajstić information content (AvgIpc) is 3.41. The summed E-state index contributed by atoms with van der Waals surface area (Å²) in [4.78, 5) is 28.3. The van der Waals surface area contributed by atoms with Crippen molar-refractivity contribution in [2.75, 3.05) is 6.61 Å². The molecule has 1 N–H and O–H groups in total. The van der Waals surface area contributed by atoms with Gasteiger partial charge in [-0.3, -0.25) is 9.59 Å². The van der Waals surface area contributed by atoms with E-state index in [0.717, 1.165) is 61.8 Å². The van der Waals surface area contributed by atoms with Crippen molar-refractivity contribution in [3.63, 3.8) is 0 Å². The van der Waals surface area contributed by atoms with E-state index in [4.69, 9.17) is 4.74 Å². The SMILES string of the molecule is CCc1ccc(C2/C(=C(/O)c3ccc4c(c3)CCO4)C(=O)C(=O)N2C2CCCCC2)cc1. The highest BCUT2D eigenvalue weighted by Gasteiger charge is 2.48. The van der Waals surface area contributed by atoms with Crippen LogP contribution < -0.4 is 4.74 Å². The van der Waals surface area contributed by atoms with Crippen molar-refractivity contribution in [1.29, 1.82) is 0 Å². The lowest BCUT2D eigenvalue weighted by atomic mass is 9.90. The van der Waals surface area contributed by atoms with Crippen LogP contribution in [0.25, 0.3) is 5.76 Å². The smallest absolute Gasteiger partial charge is 0.295 e. The fourth-order valence-electron chi connectivity index (χ4n) is 5.34. The number of benzene rings is 2. The van der Waals surface area contributed by atoms with Gasteiger partial charge in [0.25, 0.3) is 11.7 Å². The predicted octanol–water partition coefficient (Wildman–Crippen LogP) is 4.94. The maximum atomic E-state index is 13.3. The first-order valence-corrected chi connectivity index (χ1v) is 11.7. The largest absolute Gasteiger partial charge is 0.507 e. The molecule has 0 aromatic heterocycles. The van der Waals surface area contributed by atoms with Crippen molar-refractivity contribution >= 4 is 17.4 Å². The number of nitrogens with zero attached hydrogens (tertiary/aromatic N) is 1. The number of ketones is 1. The Labute approximate surface area is 188 Å². The molecule has 5 nitrogen and oxygen atoms in total. The molecule has 0 bridgehead atoms. The van der Waals surface area contributed by atoms with E-state index in [9.17, 15) is 14.7 Å². The third-order valence-corrected chi connectivity index (χ3v) is 7.11. The van der Waals surface area contributed by atoms with E-state index in [0.29, 0.717) is 12.2 Å². The third kappa shape index (κ3) is 3.50.